The number of rotatable bonds is 2. The van der Waals surface area contributed by atoms with Gasteiger partial charge in [-0.05, 0) is 6.07 Å². The number of anilines is 1. The molecule has 1 aliphatic heterocycles. The Morgan fingerprint density at radius 3 is 3.27 bits per heavy atom. The van der Waals surface area contributed by atoms with Crippen LogP contribution in [0.1, 0.15) is 0 Å². The van der Waals surface area contributed by atoms with E-state index in [-0.39, 0.29) is 12.6 Å². The number of pyridine rings is 1. The highest BCUT2D eigenvalue weighted by Crippen LogP contribution is 2.26. The number of aromatic nitrogens is 1. The van der Waals surface area contributed by atoms with Gasteiger partial charge < -0.3 is 14.7 Å². The molecule has 82 valence electrons. The molecule has 1 fully saturated rings. The zero-order valence-electron chi connectivity index (χ0n) is 8.27. The smallest absolute Gasteiger partial charge is 0.0822 e. The van der Waals surface area contributed by atoms with Crippen molar-refractivity contribution < 1.29 is 9.84 Å². The van der Waals surface area contributed by atoms with Crippen molar-refractivity contribution in [1.29, 1.82) is 0 Å². The number of ether oxygens (including phenoxy) is 1. The molecule has 1 aliphatic rings. The van der Waals surface area contributed by atoms with Crippen molar-refractivity contribution in [3.8, 4) is 0 Å². The van der Waals surface area contributed by atoms with Crippen LogP contribution in [0, 0.1) is 0 Å². The summed E-state index contributed by atoms with van der Waals surface area (Å²) in [6, 6.07) is 1.84. The number of aliphatic hydroxyl groups excluding tert-OH is 1. The van der Waals surface area contributed by atoms with E-state index in [1.54, 1.807) is 12.4 Å². The molecule has 0 saturated carbocycles. The molecule has 0 aromatic carbocycles. The van der Waals surface area contributed by atoms with E-state index in [1.807, 2.05) is 6.07 Å². The molecule has 5 heteroatoms. The van der Waals surface area contributed by atoms with Gasteiger partial charge in [0.2, 0.25) is 0 Å². The lowest BCUT2D eigenvalue weighted by atomic mass is 10.2. The molecule has 1 atom stereocenters. The Labute approximate surface area is 93.4 Å². The summed E-state index contributed by atoms with van der Waals surface area (Å²) in [5, 5.41) is 9.84. The number of morpholine rings is 1. The van der Waals surface area contributed by atoms with Crippen LogP contribution in [0.4, 0.5) is 5.69 Å². The predicted molar refractivity (Wildman–Crippen MR) is 58.3 cm³/mol. The molecule has 1 unspecified atom stereocenters. The van der Waals surface area contributed by atoms with Crippen LogP contribution in [0.2, 0.25) is 5.02 Å². The van der Waals surface area contributed by atoms with E-state index >= 15 is 0 Å². The SMILES string of the molecule is OCC1COCCN1c1ccncc1Cl. The van der Waals surface area contributed by atoms with Crippen molar-refractivity contribution in [1.82, 2.24) is 4.98 Å². The molecular formula is C10H13ClN2O2. The largest absolute Gasteiger partial charge is 0.394 e. The van der Waals surface area contributed by atoms with Crippen LogP contribution in [0.25, 0.3) is 0 Å². The monoisotopic (exact) mass is 228 g/mol. The van der Waals surface area contributed by atoms with Crippen molar-refractivity contribution in [2.45, 2.75) is 6.04 Å². The van der Waals surface area contributed by atoms with Crippen LogP contribution in [0.15, 0.2) is 18.5 Å². The van der Waals surface area contributed by atoms with E-state index in [0.717, 1.165) is 12.2 Å². The Hall–Kier alpha value is -0.840. The Kier molecular flexibility index (Phi) is 3.41. The van der Waals surface area contributed by atoms with Gasteiger partial charge in [0.15, 0.2) is 0 Å². The average molecular weight is 229 g/mol. The van der Waals surface area contributed by atoms with Crippen molar-refractivity contribution in [2.24, 2.45) is 0 Å². The van der Waals surface area contributed by atoms with E-state index in [0.29, 0.717) is 18.2 Å². The highest BCUT2D eigenvalue weighted by molar-refractivity contribution is 6.33. The Bertz CT molecular complexity index is 335. The van der Waals surface area contributed by atoms with Crippen LogP contribution >= 0.6 is 11.6 Å². The predicted octanol–water partition coefficient (Wildman–Crippen LogP) is 0.932. The van der Waals surface area contributed by atoms with Crippen LogP contribution in [0.3, 0.4) is 0 Å². The first-order chi connectivity index (χ1) is 7.33. The number of aliphatic hydroxyl groups is 1. The lowest BCUT2D eigenvalue weighted by Crippen LogP contribution is -2.47. The maximum Gasteiger partial charge on any atom is 0.0822 e. The van der Waals surface area contributed by atoms with Crippen molar-refractivity contribution in [3.05, 3.63) is 23.5 Å². The lowest BCUT2D eigenvalue weighted by molar-refractivity contribution is 0.0727. The van der Waals surface area contributed by atoms with Gasteiger partial charge in [0.25, 0.3) is 0 Å². The zero-order valence-corrected chi connectivity index (χ0v) is 9.02. The maximum atomic E-state index is 9.23. The number of nitrogens with zero attached hydrogens (tertiary/aromatic N) is 2. The minimum absolute atomic E-state index is 0.0151. The molecule has 4 nitrogen and oxygen atoms in total. The summed E-state index contributed by atoms with van der Waals surface area (Å²) in [7, 11) is 0. The summed E-state index contributed by atoms with van der Waals surface area (Å²) in [5.74, 6) is 0. The normalized spacial score (nSPS) is 21.7. The summed E-state index contributed by atoms with van der Waals surface area (Å²) in [6.07, 6.45) is 3.31. The Morgan fingerprint density at radius 1 is 1.67 bits per heavy atom. The minimum atomic E-state index is -0.0151. The molecule has 1 N–H and O–H groups in total. The number of hydrogen-bond acceptors (Lipinski definition) is 4. The maximum absolute atomic E-state index is 9.23. The van der Waals surface area contributed by atoms with E-state index in [1.165, 1.54) is 0 Å². The highest BCUT2D eigenvalue weighted by Gasteiger charge is 2.23. The van der Waals surface area contributed by atoms with Crippen LogP contribution in [-0.2, 0) is 4.74 Å². The third-order valence-electron chi connectivity index (χ3n) is 2.50. The molecule has 15 heavy (non-hydrogen) atoms. The zero-order chi connectivity index (χ0) is 10.7. The van der Waals surface area contributed by atoms with Gasteiger partial charge in [-0.3, -0.25) is 4.98 Å². The molecule has 2 heterocycles. The Morgan fingerprint density at radius 2 is 2.53 bits per heavy atom. The summed E-state index contributed by atoms with van der Waals surface area (Å²) in [4.78, 5) is 6.00. The van der Waals surface area contributed by atoms with Crippen LogP contribution in [0.5, 0.6) is 0 Å². The van der Waals surface area contributed by atoms with Gasteiger partial charge >= 0.3 is 0 Å². The first kappa shape index (κ1) is 10.7. The second-order valence-corrected chi connectivity index (χ2v) is 3.84. The van der Waals surface area contributed by atoms with E-state index in [2.05, 4.69) is 9.88 Å². The standard InChI is InChI=1S/C10H13ClN2O2/c11-9-5-12-2-1-10(9)13-3-4-15-7-8(13)6-14/h1-2,5,8,14H,3-4,6-7H2. The van der Waals surface area contributed by atoms with Gasteiger partial charge in [-0.25, -0.2) is 0 Å². The molecule has 1 saturated heterocycles. The van der Waals surface area contributed by atoms with Gasteiger partial charge in [-0.15, -0.1) is 0 Å². The quantitative estimate of drug-likeness (QED) is 0.818. The first-order valence-electron chi connectivity index (χ1n) is 4.87. The second-order valence-electron chi connectivity index (χ2n) is 3.43. The van der Waals surface area contributed by atoms with E-state index in [9.17, 15) is 5.11 Å². The molecule has 0 aliphatic carbocycles. The van der Waals surface area contributed by atoms with E-state index in [4.69, 9.17) is 16.3 Å². The van der Waals surface area contributed by atoms with Gasteiger partial charge in [0.1, 0.15) is 0 Å². The summed E-state index contributed by atoms with van der Waals surface area (Å²) < 4.78 is 5.30. The van der Waals surface area contributed by atoms with Gasteiger partial charge in [0, 0.05) is 18.9 Å². The molecular weight excluding hydrogens is 216 g/mol. The molecule has 1 aromatic rings. The number of hydrogen-bond donors (Lipinski definition) is 1. The molecule has 1 aromatic heterocycles. The fourth-order valence-electron chi connectivity index (χ4n) is 1.72. The fraction of sp³-hybridized carbons (Fsp3) is 0.500. The molecule has 0 bridgehead atoms. The van der Waals surface area contributed by atoms with Gasteiger partial charge in [-0.1, -0.05) is 11.6 Å². The number of halogens is 1. The molecule has 0 amide bonds. The van der Waals surface area contributed by atoms with Crippen molar-refractivity contribution in [3.63, 3.8) is 0 Å². The third-order valence-corrected chi connectivity index (χ3v) is 2.79. The first-order valence-corrected chi connectivity index (χ1v) is 5.25. The molecule has 0 radical (unpaired) electrons. The highest BCUT2D eigenvalue weighted by atomic mass is 35.5. The van der Waals surface area contributed by atoms with E-state index < -0.39 is 0 Å². The fourth-order valence-corrected chi connectivity index (χ4v) is 1.95. The van der Waals surface area contributed by atoms with Crippen LogP contribution < -0.4 is 4.90 Å². The summed E-state index contributed by atoms with van der Waals surface area (Å²) in [6.45, 7) is 2.01. The topological polar surface area (TPSA) is 45.6 Å². The second kappa shape index (κ2) is 4.79. The Balaban J connectivity index is 2.24. The van der Waals surface area contributed by atoms with Gasteiger partial charge in [0.05, 0.1) is 36.6 Å². The molecule has 0 spiro atoms. The summed E-state index contributed by atoms with van der Waals surface area (Å²) in [5.41, 5.74) is 0.911. The summed E-state index contributed by atoms with van der Waals surface area (Å²) >= 11 is 6.05. The van der Waals surface area contributed by atoms with Gasteiger partial charge in [-0.2, -0.15) is 0 Å². The van der Waals surface area contributed by atoms with Crippen LogP contribution in [-0.4, -0.2) is 42.5 Å². The molecule has 2 rings (SSSR count). The minimum Gasteiger partial charge on any atom is -0.394 e. The lowest BCUT2D eigenvalue weighted by Gasteiger charge is -2.36. The average Bonchev–Trinajstić information content (AvgIpc) is 2.30. The van der Waals surface area contributed by atoms with Crippen molar-refractivity contribution >= 4 is 17.3 Å². The third kappa shape index (κ3) is 2.22. The van der Waals surface area contributed by atoms with Crippen molar-refractivity contribution in [2.75, 3.05) is 31.3 Å².